The van der Waals surface area contributed by atoms with Gasteiger partial charge in [-0.15, -0.1) is 0 Å². The van der Waals surface area contributed by atoms with Crippen molar-refractivity contribution in [2.45, 2.75) is 91.6 Å². The lowest BCUT2D eigenvalue weighted by Gasteiger charge is -2.34. The van der Waals surface area contributed by atoms with Crippen LogP contribution in [-0.4, -0.2) is 35.2 Å². The van der Waals surface area contributed by atoms with Gasteiger partial charge in [-0.05, 0) is 73.3 Å². The molecule has 0 spiro atoms. The van der Waals surface area contributed by atoms with Crippen LogP contribution in [0.4, 0.5) is 0 Å². The van der Waals surface area contributed by atoms with Crippen molar-refractivity contribution in [1.82, 2.24) is 0 Å². The Morgan fingerprint density at radius 1 is 0.632 bits per heavy atom. The maximum absolute atomic E-state index is 6.13. The van der Waals surface area contributed by atoms with Crippen LogP contribution in [-0.2, 0) is 13.3 Å². The molecule has 116 valence electrons. The molecule has 0 aromatic heterocycles. The summed E-state index contributed by atoms with van der Waals surface area (Å²) in [4.78, 5) is 0. The molecule has 0 fully saturated rings. The predicted molar refractivity (Wildman–Crippen MR) is 87.4 cm³/mol. The van der Waals surface area contributed by atoms with Crippen LogP contribution in [0.15, 0.2) is 0 Å². The molecule has 0 aromatic carbocycles. The van der Waals surface area contributed by atoms with Gasteiger partial charge in [-0.1, -0.05) is 0 Å². The molecule has 0 N–H and O–H groups in total. The lowest BCUT2D eigenvalue weighted by atomic mass is 10.5. The minimum atomic E-state index is -2.08. The van der Waals surface area contributed by atoms with Gasteiger partial charge in [0.15, 0.2) is 8.32 Å². The molecule has 0 atom stereocenters. The van der Waals surface area contributed by atoms with E-state index in [1.165, 1.54) is 0 Å². The fourth-order valence-corrected chi connectivity index (χ4v) is 10.3. The third kappa shape index (κ3) is 9.79. The summed E-state index contributed by atoms with van der Waals surface area (Å²) in [5.41, 5.74) is 0. The van der Waals surface area contributed by atoms with Gasteiger partial charge < -0.3 is 13.3 Å². The van der Waals surface area contributed by atoms with E-state index in [2.05, 4.69) is 61.2 Å². The Kier molecular flexibility index (Phi) is 8.06. The normalized spacial score (nSPS) is 13.9. The molecule has 0 saturated heterocycles. The van der Waals surface area contributed by atoms with Crippen molar-refractivity contribution < 1.29 is 13.3 Å². The van der Waals surface area contributed by atoms with E-state index in [-0.39, 0.29) is 12.2 Å². The maximum atomic E-state index is 6.13. The highest BCUT2D eigenvalue weighted by Crippen LogP contribution is 2.26. The average Bonchev–Trinajstić information content (AvgIpc) is 2.10. The van der Waals surface area contributed by atoms with Crippen molar-refractivity contribution in [3.8, 4) is 0 Å². The molecule has 19 heavy (non-hydrogen) atoms. The van der Waals surface area contributed by atoms with Crippen LogP contribution in [0.2, 0.25) is 31.7 Å². The Morgan fingerprint density at radius 3 is 1.32 bits per heavy atom. The molecule has 0 saturated carbocycles. The zero-order chi connectivity index (χ0) is 15.3. The summed E-state index contributed by atoms with van der Waals surface area (Å²) < 4.78 is 18.4. The maximum Gasteiger partial charge on any atom is 0.335 e. The third-order valence-electron chi connectivity index (χ3n) is 2.71. The van der Waals surface area contributed by atoms with Gasteiger partial charge in [0.25, 0.3) is 0 Å². The van der Waals surface area contributed by atoms with E-state index >= 15 is 0 Å². The average molecular weight is 307 g/mol. The van der Waals surface area contributed by atoms with E-state index in [1.807, 2.05) is 0 Å². The van der Waals surface area contributed by atoms with Gasteiger partial charge in [-0.2, -0.15) is 0 Å². The second kappa shape index (κ2) is 7.93. The Hall–Kier alpha value is 0.314. The molecule has 0 heterocycles. The quantitative estimate of drug-likeness (QED) is 0.585. The van der Waals surface area contributed by atoms with Crippen molar-refractivity contribution in [1.29, 1.82) is 0 Å². The zero-order valence-electron chi connectivity index (χ0n) is 14.4. The first-order chi connectivity index (χ1) is 8.46. The van der Waals surface area contributed by atoms with Crippen molar-refractivity contribution in [2.24, 2.45) is 0 Å². The van der Waals surface area contributed by atoms with E-state index < -0.39 is 16.9 Å². The van der Waals surface area contributed by atoms with E-state index in [1.54, 1.807) is 0 Å². The molecule has 0 radical (unpaired) electrons. The second-order valence-corrected chi connectivity index (χ2v) is 14.4. The highest BCUT2D eigenvalue weighted by molar-refractivity contribution is 6.74. The van der Waals surface area contributed by atoms with Gasteiger partial charge in [0.1, 0.15) is 0 Å². The van der Waals surface area contributed by atoms with Crippen LogP contribution in [0.1, 0.15) is 41.5 Å². The summed E-state index contributed by atoms with van der Waals surface area (Å²) in [5.74, 6) is 0. The van der Waals surface area contributed by atoms with Gasteiger partial charge in [0.05, 0.1) is 0 Å². The van der Waals surface area contributed by atoms with Gasteiger partial charge in [0.2, 0.25) is 0 Å². The zero-order valence-corrected chi connectivity index (χ0v) is 16.4. The topological polar surface area (TPSA) is 27.7 Å². The highest BCUT2D eigenvalue weighted by atomic mass is 28.4. The highest BCUT2D eigenvalue weighted by Gasteiger charge is 2.37. The Bertz CT molecular complexity index is 243. The molecule has 0 bridgehead atoms. The first-order valence-corrected chi connectivity index (χ1v) is 13.1. The van der Waals surface area contributed by atoms with E-state index in [4.69, 9.17) is 13.3 Å². The summed E-state index contributed by atoms with van der Waals surface area (Å²) in [7, 11) is -3.69. The summed E-state index contributed by atoms with van der Waals surface area (Å²) in [5, 5.41) is 0. The smallest absolute Gasteiger partial charge is 0.335 e. The Morgan fingerprint density at radius 2 is 1.00 bits per heavy atom. The van der Waals surface area contributed by atoms with Crippen molar-refractivity contribution in [3.63, 3.8) is 0 Å². The van der Waals surface area contributed by atoms with Gasteiger partial charge in [0, 0.05) is 18.3 Å². The van der Waals surface area contributed by atoms with Crippen LogP contribution in [0.25, 0.3) is 0 Å². The fourth-order valence-electron chi connectivity index (χ4n) is 2.37. The van der Waals surface area contributed by atoms with Gasteiger partial charge >= 0.3 is 8.56 Å². The molecule has 0 aliphatic carbocycles. The molecule has 5 heteroatoms. The molecular formula is C14H34O3Si2. The molecule has 0 unspecified atom stereocenters. The number of rotatable bonds is 9. The van der Waals surface area contributed by atoms with Crippen molar-refractivity contribution >= 4 is 16.9 Å². The van der Waals surface area contributed by atoms with E-state index in [0.717, 1.165) is 12.1 Å². The van der Waals surface area contributed by atoms with Crippen LogP contribution < -0.4 is 0 Å². The first kappa shape index (κ1) is 19.3. The van der Waals surface area contributed by atoms with Gasteiger partial charge in [-0.25, -0.2) is 0 Å². The SMILES string of the molecule is CC(C)O[Si](C)(C)CC[Si](C)(OC(C)C)OC(C)C. The molecule has 0 amide bonds. The molecule has 0 rings (SSSR count). The minimum absolute atomic E-state index is 0.228. The van der Waals surface area contributed by atoms with Crippen molar-refractivity contribution in [2.75, 3.05) is 0 Å². The molecule has 0 aliphatic heterocycles. The summed E-state index contributed by atoms with van der Waals surface area (Å²) in [6.07, 6.45) is 0.768. The molecular weight excluding hydrogens is 272 g/mol. The van der Waals surface area contributed by atoms with Gasteiger partial charge in [-0.3, -0.25) is 0 Å². The third-order valence-corrected chi connectivity index (χ3v) is 8.87. The lowest BCUT2D eigenvalue weighted by Crippen LogP contribution is -2.45. The Balaban J connectivity index is 4.56. The van der Waals surface area contributed by atoms with E-state index in [9.17, 15) is 0 Å². The first-order valence-electron chi connectivity index (χ1n) is 7.49. The summed E-state index contributed by atoms with van der Waals surface area (Å²) in [6.45, 7) is 19.3. The lowest BCUT2D eigenvalue weighted by molar-refractivity contribution is 0.110. The van der Waals surface area contributed by atoms with Crippen LogP contribution >= 0.6 is 0 Å². The fraction of sp³-hybridized carbons (Fsp3) is 1.00. The molecule has 0 aliphatic rings. The van der Waals surface area contributed by atoms with Crippen LogP contribution in [0, 0.1) is 0 Å². The Labute approximate surface area is 122 Å². The number of hydrogen-bond acceptors (Lipinski definition) is 3. The standard InChI is InChI=1S/C14H34O3Si2/c1-12(2)15-18(7,8)10-11-19(9,16-13(3)4)17-14(5)6/h12-14H,10-11H2,1-9H3. The molecule has 0 aromatic rings. The van der Waals surface area contributed by atoms with Crippen molar-refractivity contribution in [3.05, 3.63) is 0 Å². The minimum Gasteiger partial charge on any atom is -0.415 e. The second-order valence-electron chi connectivity index (χ2n) is 6.89. The largest absolute Gasteiger partial charge is 0.415 e. The molecule has 3 nitrogen and oxygen atoms in total. The van der Waals surface area contributed by atoms with E-state index in [0.29, 0.717) is 6.10 Å². The summed E-state index contributed by atoms with van der Waals surface area (Å²) >= 11 is 0. The van der Waals surface area contributed by atoms with Crippen LogP contribution in [0.3, 0.4) is 0 Å². The number of hydrogen-bond donors (Lipinski definition) is 0. The van der Waals surface area contributed by atoms with Crippen LogP contribution in [0.5, 0.6) is 0 Å². The summed E-state index contributed by atoms with van der Waals surface area (Å²) in [6, 6.07) is 2.13. The monoisotopic (exact) mass is 306 g/mol. The predicted octanol–water partition coefficient (Wildman–Crippen LogP) is 4.54.